The number of ether oxygens (including phenoxy) is 1. The molecule has 0 saturated carbocycles. The lowest BCUT2D eigenvalue weighted by molar-refractivity contribution is 0.00743. The molecule has 1 atom stereocenters. The minimum Gasteiger partial charge on any atom is -0.444 e. The summed E-state index contributed by atoms with van der Waals surface area (Å²) >= 11 is 3.37. The van der Waals surface area contributed by atoms with Crippen molar-refractivity contribution in [1.82, 2.24) is 24.6 Å². The summed E-state index contributed by atoms with van der Waals surface area (Å²) in [6.07, 6.45) is 8.27. The highest BCUT2D eigenvalue weighted by atomic mass is 79.9. The van der Waals surface area contributed by atoms with E-state index in [4.69, 9.17) is 9.84 Å². The molecule has 0 spiro atoms. The number of amides is 1. The quantitative estimate of drug-likeness (QED) is 0.534. The summed E-state index contributed by atoms with van der Waals surface area (Å²) in [6.45, 7) is 7.08. The van der Waals surface area contributed by atoms with Crippen molar-refractivity contribution in [3.05, 3.63) is 41.4 Å². The molecule has 1 aliphatic heterocycles. The highest BCUT2D eigenvalue weighted by Crippen LogP contribution is 2.25. The van der Waals surface area contributed by atoms with E-state index < -0.39 is 5.60 Å². The third-order valence-electron chi connectivity index (χ3n) is 5.11. The van der Waals surface area contributed by atoms with Gasteiger partial charge < -0.3 is 9.64 Å². The maximum absolute atomic E-state index is 12.7. The standard InChI is InChI=1S/C22H26BrN5O2/c1-22(2,3)30-21(29)28-9-5-4-6-17(28)14-27-13-16-8-7-15(10-18(16)26-27)19-11-24-12-20(23)25-19/h7-8,10-13,17H,4-6,9,14H2,1-3H3. The molecule has 2 aromatic heterocycles. The second-order valence-corrected chi connectivity index (χ2v) is 9.49. The van der Waals surface area contributed by atoms with Crippen LogP contribution in [0.15, 0.2) is 41.4 Å². The van der Waals surface area contributed by atoms with Gasteiger partial charge in [-0.1, -0.05) is 12.1 Å². The molecule has 1 aromatic carbocycles. The van der Waals surface area contributed by atoms with Gasteiger partial charge in [-0.25, -0.2) is 9.78 Å². The number of hydrogen-bond acceptors (Lipinski definition) is 5. The highest BCUT2D eigenvalue weighted by molar-refractivity contribution is 9.10. The van der Waals surface area contributed by atoms with Crippen molar-refractivity contribution in [2.75, 3.05) is 6.54 Å². The number of fused-ring (bicyclic) bond motifs is 1. The molecule has 1 unspecified atom stereocenters. The summed E-state index contributed by atoms with van der Waals surface area (Å²) in [4.78, 5) is 23.2. The number of carbonyl (C=O) groups is 1. The predicted molar refractivity (Wildman–Crippen MR) is 119 cm³/mol. The zero-order valence-electron chi connectivity index (χ0n) is 17.5. The van der Waals surface area contributed by atoms with Crippen LogP contribution in [0.25, 0.3) is 22.2 Å². The Bertz CT molecular complexity index is 1060. The Morgan fingerprint density at radius 1 is 1.27 bits per heavy atom. The zero-order chi connectivity index (χ0) is 21.3. The van der Waals surface area contributed by atoms with Crippen LogP contribution >= 0.6 is 15.9 Å². The Morgan fingerprint density at radius 2 is 2.10 bits per heavy atom. The van der Waals surface area contributed by atoms with Gasteiger partial charge >= 0.3 is 6.09 Å². The van der Waals surface area contributed by atoms with E-state index in [0.717, 1.165) is 48.0 Å². The Kier molecular flexibility index (Phi) is 5.77. The second kappa shape index (κ2) is 8.34. The molecular weight excluding hydrogens is 446 g/mol. The van der Waals surface area contributed by atoms with Crippen molar-refractivity contribution >= 4 is 32.9 Å². The Balaban J connectivity index is 1.54. The van der Waals surface area contributed by atoms with Gasteiger partial charge in [-0.05, 0) is 62.0 Å². The third-order valence-corrected chi connectivity index (χ3v) is 5.49. The summed E-state index contributed by atoms with van der Waals surface area (Å²) in [7, 11) is 0. The fourth-order valence-electron chi connectivity index (χ4n) is 3.77. The number of rotatable bonds is 3. The second-order valence-electron chi connectivity index (χ2n) is 8.68. The van der Waals surface area contributed by atoms with E-state index in [2.05, 4.69) is 25.9 Å². The largest absolute Gasteiger partial charge is 0.444 e. The summed E-state index contributed by atoms with van der Waals surface area (Å²) in [5, 5.41) is 5.82. The van der Waals surface area contributed by atoms with Gasteiger partial charge in [-0.15, -0.1) is 0 Å². The SMILES string of the molecule is CC(C)(C)OC(=O)N1CCCCC1Cn1cc2ccc(-c3cncc(Br)n3)cc2n1. The fourth-order valence-corrected chi connectivity index (χ4v) is 4.08. The average Bonchev–Trinajstić information content (AvgIpc) is 3.08. The summed E-state index contributed by atoms with van der Waals surface area (Å²) < 4.78 is 8.26. The van der Waals surface area contributed by atoms with Crippen LogP contribution in [0.5, 0.6) is 0 Å². The van der Waals surface area contributed by atoms with Crippen molar-refractivity contribution in [2.24, 2.45) is 0 Å². The van der Waals surface area contributed by atoms with Crippen LogP contribution in [-0.2, 0) is 11.3 Å². The van der Waals surface area contributed by atoms with Crippen molar-refractivity contribution < 1.29 is 9.53 Å². The molecule has 0 aliphatic carbocycles. The number of piperidine rings is 1. The Hall–Kier alpha value is -2.48. The lowest BCUT2D eigenvalue weighted by Crippen LogP contribution is -2.47. The summed E-state index contributed by atoms with van der Waals surface area (Å²) in [5.74, 6) is 0. The number of benzene rings is 1. The van der Waals surface area contributed by atoms with Crippen molar-refractivity contribution in [1.29, 1.82) is 0 Å². The van der Waals surface area contributed by atoms with E-state index >= 15 is 0 Å². The van der Waals surface area contributed by atoms with Crippen LogP contribution in [0, 0.1) is 0 Å². The van der Waals surface area contributed by atoms with Gasteiger partial charge in [0.05, 0.1) is 36.2 Å². The van der Waals surface area contributed by atoms with Gasteiger partial charge in [0.15, 0.2) is 0 Å². The molecule has 1 fully saturated rings. The van der Waals surface area contributed by atoms with Gasteiger partial charge in [-0.3, -0.25) is 9.67 Å². The van der Waals surface area contributed by atoms with Crippen LogP contribution in [0.1, 0.15) is 40.0 Å². The molecule has 1 amide bonds. The first kappa shape index (κ1) is 20.8. The lowest BCUT2D eigenvalue weighted by atomic mass is 10.0. The first-order valence-electron chi connectivity index (χ1n) is 10.2. The maximum atomic E-state index is 12.7. The molecular formula is C22H26BrN5O2. The van der Waals surface area contributed by atoms with Gasteiger partial charge in [-0.2, -0.15) is 5.10 Å². The number of halogens is 1. The van der Waals surface area contributed by atoms with Gasteiger partial charge in [0.25, 0.3) is 0 Å². The minimum absolute atomic E-state index is 0.0818. The first-order valence-corrected chi connectivity index (χ1v) is 11.0. The molecule has 1 saturated heterocycles. The number of aromatic nitrogens is 4. The first-order chi connectivity index (χ1) is 14.3. The maximum Gasteiger partial charge on any atom is 0.410 e. The van der Waals surface area contributed by atoms with Gasteiger partial charge in [0, 0.05) is 23.7 Å². The van der Waals surface area contributed by atoms with Crippen LogP contribution in [0.3, 0.4) is 0 Å². The molecule has 1 aliphatic rings. The third kappa shape index (κ3) is 4.80. The molecule has 0 radical (unpaired) electrons. The van der Waals surface area contributed by atoms with Crippen LogP contribution in [0.4, 0.5) is 4.79 Å². The van der Waals surface area contributed by atoms with E-state index in [9.17, 15) is 4.79 Å². The van der Waals surface area contributed by atoms with Crippen molar-refractivity contribution in [3.8, 4) is 11.3 Å². The topological polar surface area (TPSA) is 73.1 Å². The van der Waals surface area contributed by atoms with Crippen LogP contribution in [-0.4, -0.2) is 48.9 Å². The molecule has 7 nitrogen and oxygen atoms in total. The minimum atomic E-state index is -0.495. The van der Waals surface area contributed by atoms with Gasteiger partial charge in [0.1, 0.15) is 10.2 Å². The monoisotopic (exact) mass is 471 g/mol. The van der Waals surface area contributed by atoms with Gasteiger partial charge in [0.2, 0.25) is 0 Å². The predicted octanol–water partition coefficient (Wildman–Crippen LogP) is 5.05. The average molecular weight is 472 g/mol. The van der Waals surface area contributed by atoms with E-state index in [1.807, 2.05) is 54.7 Å². The van der Waals surface area contributed by atoms with Crippen molar-refractivity contribution in [2.45, 2.75) is 58.2 Å². The fraction of sp³-hybridized carbons (Fsp3) is 0.455. The molecule has 8 heteroatoms. The molecule has 158 valence electrons. The van der Waals surface area contributed by atoms with Crippen LogP contribution < -0.4 is 0 Å². The van der Waals surface area contributed by atoms with E-state index in [1.165, 1.54) is 0 Å². The normalized spacial score (nSPS) is 17.3. The summed E-state index contributed by atoms with van der Waals surface area (Å²) in [6, 6.07) is 6.18. The van der Waals surface area contributed by atoms with Crippen LogP contribution in [0.2, 0.25) is 0 Å². The Morgan fingerprint density at radius 3 is 2.87 bits per heavy atom. The number of carbonyl (C=O) groups excluding carboxylic acids is 1. The smallest absolute Gasteiger partial charge is 0.410 e. The summed E-state index contributed by atoms with van der Waals surface area (Å²) in [5.41, 5.74) is 2.17. The molecule has 4 rings (SSSR count). The lowest BCUT2D eigenvalue weighted by Gasteiger charge is -2.36. The molecule has 3 heterocycles. The molecule has 3 aromatic rings. The van der Waals surface area contributed by atoms with Crippen molar-refractivity contribution in [3.63, 3.8) is 0 Å². The Labute approximate surface area is 184 Å². The van der Waals surface area contributed by atoms with E-state index in [-0.39, 0.29) is 12.1 Å². The molecule has 30 heavy (non-hydrogen) atoms. The van der Waals surface area contributed by atoms with E-state index in [0.29, 0.717) is 11.1 Å². The number of likely N-dealkylation sites (tertiary alicyclic amines) is 1. The number of nitrogens with zero attached hydrogens (tertiary/aromatic N) is 5. The molecule has 0 N–H and O–H groups in total. The number of hydrogen-bond donors (Lipinski definition) is 0. The van der Waals surface area contributed by atoms with E-state index in [1.54, 1.807) is 12.4 Å². The zero-order valence-corrected chi connectivity index (χ0v) is 19.1. The highest BCUT2D eigenvalue weighted by Gasteiger charge is 2.30. The molecule has 0 bridgehead atoms.